The van der Waals surface area contributed by atoms with Gasteiger partial charge in [-0.05, 0) is 6.92 Å². The van der Waals surface area contributed by atoms with Crippen LogP contribution in [0.15, 0.2) is 0 Å². The van der Waals surface area contributed by atoms with Crippen molar-refractivity contribution in [1.29, 1.82) is 0 Å². The molecule has 0 aromatic rings. The van der Waals surface area contributed by atoms with Crippen LogP contribution in [0.2, 0.25) is 0 Å². The monoisotopic (exact) mass is 620 g/mol. The minimum Gasteiger partial charge on any atom is -0.463 e. The van der Waals surface area contributed by atoms with E-state index in [-0.39, 0.29) is 0 Å². The highest BCUT2D eigenvalue weighted by atomic mass is 16.8. The first-order valence-corrected chi connectivity index (χ1v) is 13.1. The molecule has 0 aliphatic carbocycles. The van der Waals surface area contributed by atoms with Gasteiger partial charge in [0.05, 0.1) is 6.10 Å². The van der Waals surface area contributed by atoms with Crippen LogP contribution in [0.1, 0.15) is 55.4 Å². The van der Waals surface area contributed by atoms with Gasteiger partial charge in [-0.1, -0.05) is 0 Å². The van der Waals surface area contributed by atoms with E-state index in [9.17, 15) is 33.6 Å². The van der Waals surface area contributed by atoms with Gasteiger partial charge < -0.3 is 47.4 Å². The van der Waals surface area contributed by atoms with Crippen LogP contribution in [0.3, 0.4) is 0 Å². The van der Waals surface area contributed by atoms with Crippen LogP contribution in [-0.4, -0.2) is 110 Å². The number of carbonyl (C=O) groups excluding carboxylic acids is 7. The second kappa shape index (κ2) is 15.6. The first-order valence-electron chi connectivity index (χ1n) is 13.1. The van der Waals surface area contributed by atoms with E-state index >= 15 is 0 Å². The van der Waals surface area contributed by atoms with Crippen LogP contribution >= 0.6 is 0 Å². The molecule has 17 nitrogen and oxygen atoms in total. The molecule has 0 saturated carbocycles. The summed E-state index contributed by atoms with van der Waals surface area (Å²) in [7, 11) is 0. The number of hydrogen-bond acceptors (Lipinski definition) is 17. The van der Waals surface area contributed by atoms with Crippen LogP contribution in [0, 0.1) is 0 Å². The zero-order chi connectivity index (χ0) is 32.6. The number of ether oxygens (including phenoxy) is 10. The van der Waals surface area contributed by atoms with Crippen LogP contribution in [0.5, 0.6) is 0 Å². The third kappa shape index (κ3) is 10.4. The molecule has 0 bridgehead atoms. The summed E-state index contributed by atoms with van der Waals surface area (Å²) in [5, 5.41) is 0. The molecule has 2 aliphatic rings. The van der Waals surface area contributed by atoms with Crippen LogP contribution in [-0.2, 0) is 80.9 Å². The molecule has 0 amide bonds. The van der Waals surface area contributed by atoms with Gasteiger partial charge >= 0.3 is 41.8 Å². The van der Waals surface area contributed by atoms with E-state index in [2.05, 4.69) is 0 Å². The largest absolute Gasteiger partial charge is 0.463 e. The normalized spacial score (nSPS) is 31.9. The smallest absolute Gasteiger partial charge is 0.305 e. The van der Waals surface area contributed by atoms with Gasteiger partial charge in [0.1, 0.15) is 18.8 Å². The zero-order valence-electron chi connectivity index (χ0n) is 24.9. The molecule has 43 heavy (non-hydrogen) atoms. The summed E-state index contributed by atoms with van der Waals surface area (Å²) >= 11 is 0. The van der Waals surface area contributed by atoms with E-state index in [1.807, 2.05) is 0 Å². The van der Waals surface area contributed by atoms with Crippen molar-refractivity contribution in [3.05, 3.63) is 0 Å². The molecule has 10 atom stereocenters. The Morgan fingerprint density at radius 1 is 0.465 bits per heavy atom. The molecule has 17 heteroatoms. The van der Waals surface area contributed by atoms with E-state index in [4.69, 9.17) is 47.4 Å². The predicted octanol–water partition coefficient (Wildman–Crippen LogP) is -0.374. The third-order valence-corrected chi connectivity index (χ3v) is 5.85. The molecular weight excluding hydrogens is 584 g/mol. The molecule has 2 saturated heterocycles. The summed E-state index contributed by atoms with van der Waals surface area (Å²) in [6.07, 6.45) is -14.8. The molecule has 1 unspecified atom stereocenters. The summed E-state index contributed by atoms with van der Waals surface area (Å²) in [6, 6.07) is 0. The van der Waals surface area contributed by atoms with E-state index < -0.39 is 110 Å². The number of carbonyl (C=O) groups is 7. The molecule has 2 fully saturated rings. The molecule has 0 radical (unpaired) electrons. The SMILES string of the molecule is CC(=O)OC[C@H]1O[C@H](O[C@@H]2[C@@H](OC(C)=O)[C@H](C)OC(OC(C)=O)[C@@H]2OC(C)=O)[C@H](OC(C)=O)[C@@H](OC(C)=O)[C@@H]1OC(C)=O. The van der Waals surface area contributed by atoms with Gasteiger partial charge in [-0.2, -0.15) is 0 Å². The molecule has 2 rings (SSSR count). The van der Waals surface area contributed by atoms with E-state index in [0.29, 0.717) is 0 Å². The second-order valence-electron chi connectivity index (χ2n) is 9.64. The molecule has 0 aromatic heterocycles. The molecule has 2 aliphatic heterocycles. The summed E-state index contributed by atoms with van der Waals surface area (Å²) < 4.78 is 54.9. The molecule has 242 valence electrons. The summed E-state index contributed by atoms with van der Waals surface area (Å²) in [6.45, 7) is 8.37. The Balaban J connectivity index is 2.67. The summed E-state index contributed by atoms with van der Waals surface area (Å²) in [4.78, 5) is 83.9. The topological polar surface area (TPSA) is 212 Å². The summed E-state index contributed by atoms with van der Waals surface area (Å²) in [5.41, 5.74) is 0. The maximum Gasteiger partial charge on any atom is 0.305 e. The van der Waals surface area contributed by atoms with Crippen molar-refractivity contribution in [2.24, 2.45) is 0 Å². The Morgan fingerprint density at radius 2 is 0.884 bits per heavy atom. The zero-order valence-corrected chi connectivity index (χ0v) is 24.9. The Hall–Kier alpha value is -3.83. The number of rotatable bonds is 10. The molecular formula is C26H36O17. The predicted molar refractivity (Wildman–Crippen MR) is 134 cm³/mol. The van der Waals surface area contributed by atoms with Gasteiger partial charge in [0, 0.05) is 48.5 Å². The maximum absolute atomic E-state index is 12.2. The Morgan fingerprint density at radius 3 is 1.35 bits per heavy atom. The minimum atomic E-state index is -1.75. The van der Waals surface area contributed by atoms with Crippen molar-refractivity contribution in [2.75, 3.05) is 6.61 Å². The van der Waals surface area contributed by atoms with Gasteiger partial charge in [-0.3, -0.25) is 33.6 Å². The molecule has 2 heterocycles. The Bertz CT molecular complexity index is 1070. The lowest BCUT2D eigenvalue weighted by Gasteiger charge is -2.48. The number of hydrogen-bond donors (Lipinski definition) is 0. The fraction of sp³-hybridized carbons (Fsp3) is 0.731. The van der Waals surface area contributed by atoms with Crippen LogP contribution in [0.25, 0.3) is 0 Å². The van der Waals surface area contributed by atoms with Crippen LogP contribution < -0.4 is 0 Å². The lowest BCUT2D eigenvalue weighted by atomic mass is 9.96. The Kier molecular flexibility index (Phi) is 12.8. The van der Waals surface area contributed by atoms with Crippen molar-refractivity contribution in [3.8, 4) is 0 Å². The second-order valence-corrected chi connectivity index (χ2v) is 9.64. The van der Waals surface area contributed by atoms with Crippen molar-refractivity contribution in [1.82, 2.24) is 0 Å². The third-order valence-electron chi connectivity index (χ3n) is 5.85. The van der Waals surface area contributed by atoms with Crippen molar-refractivity contribution < 1.29 is 80.9 Å². The van der Waals surface area contributed by atoms with Gasteiger partial charge in [0.25, 0.3) is 0 Å². The first-order chi connectivity index (χ1) is 20.0. The molecule has 0 spiro atoms. The lowest BCUT2D eigenvalue weighted by molar-refractivity contribution is -0.355. The highest BCUT2D eigenvalue weighted by Crippen LogP contribution is 2.35. The fourth-order valence-corrected chi connectivity index (χ4v) is 4.51. The standard InChI is InChI=1S/C26H36O17/c1-10-19(36-12(3)28)21(23(39-15(6)31)25(35-10)41-17(8)33)43-26-24(40-16(7)32)22(38-14(5)30)20(37-13(4)29)18(42-26)9-34-11(2)27/h10,18-26H,9H2,1-8H3/t10-,18+,19-,20+,21+,22-,23+,24+,25?,26+/m0/s1. The molecule has 0 aromatic carbocycles. The van der Waals surface area contributed by atoms with Gasteiger partial charge in [0.2, 0.25) is 6.29 Å². The van der Waals surface area contributed by atoms with E-state index in [1.54, 1.807) is 0 Å². The van der Waals surface area contributed by atoms with Gasteiger partial charge in [-0.25, -0.2) is 0 Å². The van der Waals surface area contributed by atoms with E-state index in [1.165, 1.54) is 6.92 Å². The van der Waals surface area contributed by atoms with Gasteiger partial charge in [0.15, 0.2) is 36.8 Å². The fourth-order valence-electron chi connectivity index (χ4n) is 4.51. The highest BCUT2D eigenvalue weighted by molar-refractivity contribution is 5.69. The van der Waals surface area contributed by atoms with Crippen molar-refractivity contribution >= 4 is 41.8 Å². The minimum absolute atomic E-state index is 0.543. The quantitative estimate of drug-likeness (QED) is 0.225. The number of esters is 7. The average molecular weight is 621 g/mol. The van der Waals surface area contributed by atoms with E-state index in [0.717, 1.165) is 48.5 Å². The lowest BCUT2D eigenvalue weighted by Crippen LogP contribution is -2.66. The van der Waals surface area contributed by atoms with Gasteiger partial charge in [-0.15, -0.1) is 0 Å². The summed E-state index contributed by atoms with van der Waals surface area (Å²) in [5.74, 6) is -5.82. The van der Waals surface area contributed by atoms with Crippen molar-refractivity contribution in [2.45, 2.75) is 117 Å². The Labute approximate surface area is 246 Å². The van der Waals surface area contributed by atoms with Crippen molar-refractivity contribution in [3.63, 3.8) is 0 Å². The van der Waals surface area contributed by atoms with Crippen LogP contribution in [0.4, 0.5) is 0 Å². The first kappa shape index (κ1) is 35.4. The maximum atomic E-state index is 12.2. The highest BCUT2D eigenvalue weighted by Gasteiger charge is 2.57. The average Bonchev–Trinajstić information content (AvgIpc) is 2.84. The molecule has 0 N–H and O–H groups in total.